The molecule has 1 aromatic rings. The van der Waals surface area contributed by atoms with Gasteiger partial charge in [0.1, 0.15) is 0 Å². The van der Waals surface area contributed by atoms with Crippen molar-refractivity contribution in [1.82, 2.24) is 0 Å². The van der Waals surface area contributed by atoms with Gasteiger partial charge in [-0.1, -0.05) is 30.2 Å². The number of Topliss-reactive ketones (excluding diaryl/α,β-unsaturated/α-hetero) is 1. The summed E-state index contributed by atoms with van der Waals surface area (Å²) < 4.78 is 0. The van der Waals surface area contributed by atoms with Crippen molar-refractivity contribution in [3.63, 3.8) is 0 Å². The summed E-state index contributed by atoms with van der Waals surface area (Å²) in [5.74, 6) is 2.06. The summed E-state index contributed by atoms with van der Waals surface area (Å²) in [5, 5.41) is 0.661. The number of hydrogen-bond donors (Lipinski definition) is 0. The van der Waals surface area contributed by atoms with E-state index in [-0.39, 0.29) is 5.92 Å². The molecule has 0 amide bonds. The van der Waals surface area contributed by atoms with Crippen LogP contribution in [-0.4, -0.2) is 5.78 Å². The highest BCUT2D eigenvalue weighted by atomic mass is 35.5. The molecule has 2 bridgehead atoms. The molecular weight excluding hydrogens is 220 g/mol. The summed E-state index contributed by atoms with van der Waals surface area (Å²) >= 11 is 5.92. The third kappa shape index (κ3) is 1.67. The van der Waals surface area contributed by atoms with Gasteiger partial charge in [0.15, 0.2) is 5.78 Å². The maximum atomic E-state index is 12.3. The molecule has 0 heterocycles. The van der Waals surface area contributed by atoms with E-state index in [1.807, 2.05) is 18.2 Å². The average Bonchev–Trinajstić information content (AvgIpc) is 2.89. The first-order valence-corrected chi connectivity index (χ1v) is 6.41. The van der Waals surface area contributed by atoms with Crippen LogP contribution in [0.4, 0.5) is 0 Å². The summed E-state index contributed by atoms with van der Waals surface area (Å²) in [6, 6.07) is 7.37. The van der Waals surface area contributed by atoms with E-state index in [0.29, 0.717) is 16.7 Å². The van der Waals surface area contributed by atoms with Crippen molar-refractivity contribution in [2.45, 2.75) is 25.7 Å². The maximum absolute atomic E-state index is 12.3. The van der Waals surface area contributed by atoms with Crippen LogP contribution >= 0.6 is 11.6 Å². The van der Waals surface area contributed by atoms with E-state index in [1.165, 1.54) is 19.3 Å². The Morgan fingerprint density at radius 2 is 2.12 bits per heavy atom. The Hall–Kier alpha value is -0.820. The van der Waals surface area contributed by atoms with Crippen molar-refractivity contribution in [3.05, 3.63) is 34.9 Å². The van der Waals surface area contributed by atoms with Crippen LogP contribution in [0.15, 0.2) is 24.3 Å². The number of hydrogen-bond acceptors (Lipinski definition) is 1. The zero-order chi connectivity index (χ0) is 11.1. The van der Waals surface area contributed by atoms with Gasteiger partial charge in [-0.2, -0.15) is 0 Å². The molecule has 0 aromatic heterocycles. The SMILES string of the molecule is O=C(c1cccc(Cl)c1)C1CC2CCC1C2. The van der Waals surface area contributed by atoms with Gasteiger partial charge in [0.2, 0.25) is 0 Å². The van der Waals surface area contributed by atoms with Crippen molar-refractivity contribution in [2.75, 3.05) is 0 Å². The number of halogens is 1. The summed E-state index contributed by atoms with van der Waals surface area (Å²) in [4.78, 5) is 12.3. The minimum atomic E-state index is 0.275. The Kier molecular flexibility index (Phi) is 2.51. The van der Waals surface area contributed by atoms with Gasteiger partial charge in [-0.25, -0.2) is 0 Å². The van der Waals surface area contributed by atoms with Crippen LogP contribution in [0.25, 0.3) is 0 Å². The first-order valence-electron chi connectivity index (χ1n) is 6.04. The van der Waals surface area contributed by atoms with E-state index in [9.17, 15) is 4.79 Å². The van der Waals surface area contributed by atoms with Gasteiger partial charge < -0.3 is 0 Å². The van der Waals surface area contributed by atoms with Crippen molar-refractivity contribution < 1.29 is 4.79 Å². The summed E-state index contributed by atoms with van der Waals surface area (Å²) in [6.45, 7) is 0. The predicted octanol–water partition coefficient (Wildman–Crippen LogP) is 3.96. The molecule has 16 heavy (non-hydrogen) atoms. The third-order valence-corrected chi connectivity index (χ3v) is 4.42. The second-order valence-corrected chi connectivity index (χ2v) is 5.59. The number of fused-ring (bicyclic) bond motifs is 2. The Balaban J connectivity index is 1.83. The molecule has 2 aliphatic carbocycles. The molecule has 84 valence electrons. The lowest BCUT2D eigenvalue weighted by atomic mass is 9.83. The number of ketones is 1. The number of carbonyl (C=O) groups is 1. The predicted molar refractivity (Wildman–Crippen MR) is 64.7 cm³/mol. The van der Waals surface area contributed by atoms with E-state index in [0.717, 1.165) is 17.9 Å². The van der Waals surface area contributed by atoms with Crippen molar-refractivity contribution in [1.29, 1.82) is 0 Å². The lowest BCUT2D eigenvalue weighted by Crippen LogP contribution is -2.20. The van der Waals surface area contributed by atoms with Gasteiger partial charge in [0.25, 0.3) is 0 Å². The Morgan fingerprint density at radius 3 is 2.75 bits per heavy atom. The molecule has 0 aliphatic heterocycles. The first kappa shape index (κ1) is 10.3. The minimum Gasteiger partial charge on any atom is -0.294 e. The van der Waals surface area contributed by atoms with Crippen molar-refractivity contribution in [3.8, 4) is 0 Å². The normalized spacial score (nSPS) is 31.9. The highest BCUT2D eigenvalue weighted by Gasteiger charge is 2.43. The van der Waals surface area contributed by atoms with Crippen LogP contribution in [0.3, 0.4) is 0 Å². The zero-order valence-electron chi connectivity index (χ0n) is 9.16. The van der Waals surface area contributed by atoms with E-state index < -0.39 is 0 Å². The summed E-state index contributed by atoms with van der Waals surface area (Å²) in [5.41, 5.74) is 0.796. The molecule has 2 aliphatic rings. The molecule has 1 nitrogen and oxygen atoms in total. The molecule has 2 heteroatoms. The van der Waals surface area contributed by atoms with Gasteiger partial charge in [-0.3, -0.25) is 4.79 Å². The van der Waals surface area contributed by atoms with Crippen LogP contribution in [0.1, 0.15) is 36.0 Å². The fraction of sp³-hybridized carbons (Fsp3) is 0.500. The Morgan fingerprint density at radius 1 is 1.25 bits per heavy atom. The van der Waals surface area contributed by atoms with Crippen molar-refractivity contribution >= 4 is 17.4 Å². The first-order chi connectivity index (χ1) is 7.74. The fourth-order valence-corrected chi connectivity index (χ4v) is 3.61. The van der Waals surface area contributed by atoms with Gasteiger partial charge in [0, 0.05) is 16.5 Å². The van der Waals surface area contributed by atoms with Gasteiger partial charge in [0.05, 0.1) is 0 Å². The molecule has 2 saturated carbocycles. The highest BCUT2D eigenvalue weighted by molar-refractivity contribution is 6.31. The molecule has 1 aromatic carbocycles. The number of carbonyl (C=O) groups excluding carboxylic acids is 1. The quantitative estimate of drug-likeness (QED) is 0.708. The maximum Gasteiger partial charge on any atom is 0.166 e. The minimum absolute atomic E-state index is 0.275. The molecule has 0 N–H and O–H groups in total. The van der Waals surface area contributed by atoms with E-state index in [1.54, 1.807) is 6.07 Å². The monoisotopic (exact) mass is 234 g/mol. The molecular formula is C14H15ClO. The average molecular weight is 235 g/mol. The Labute approximate surface area is 101 Å². The lowest BCUT2D eigenvalue weighted by molar-refractivity contribution is 0.0875. The van der Waals surface area contributed by atoms with E-state index >= 15 is 0 Å². The molecule has 3 atom stereocenters. The van der Waals surface area contributed by atoms with Crippen LogP contribution < -0.4 is 0 Å². The van der Waals surface area contributed by atoms with Gasteiger partial charge >= 0.3 is 0 Å². The molecule has 0 spiro atoms. The zero-order valence-corrected chi connectivity index (χ0v) is 9.91. The molecule has 3 unspecified atom stereocenters. The van der Waals surface area contributed by atoms with Crippen LogP contribution in [-0.2, 0) is 0 Å². The summed E-state index contributed by atoms with van der Waals surface area (Å²) in [7, 11) is 0. The van der Waals surface area contributed by atoms with Crippen LogP contribution in [0.5, 0.6) is 0 Å². The number of benzene rings is 1. The van der Waals surface area contributed by atoms with Crippen LogP contribution in [0, 0.1) is 17.8 Å². The second kappa shape index (κ2) is 3.89. The smallest absolute Gasteiger partial charge is 0.166 e. The highest BCUT2D eigenvalue weighted by Crippen LogP contribution is 2.49. The van der Waals surface area contributed by atoms with Crippen molar-refractivity contribution in [2.24, 2.45) is 17.8 Å². The third-order valence-electron chi connectivity index (χ3n) is 4.18. The largest absolute Gasteiger partial charge is 0.294 e. The topological polar surface area (TPSA) is 17.1 Å². The van der Waals surface area contributed by atoms with E-state index in [4.69, 9.17) is 11.6 Å². The van der Waals surface area contributed by atoms with Crippen LogP contribution in [0.2, 0.25) is 5.02 Å². The molecule has 0 radical (unpaired) electrons. The number of rotatable bonds is 2. The lowest BCUT2D eigenvalue weighted by Gasteiger charge is -2.20. The fourth-order valence-electron chi connectivity index (χ4n) is 3.42. The van der Waals surface area contributed by atoms with E-state index in [2.05, 4.69) is 0 Å². The molecule has 2 fully saturated rings. The second-order valence-electron chi connectivity index (χ2n) is 5.16. The van der Waals surface area contributed by atoms with Gasteiger partial charge in [-0.15, -0.1) is 0 Å². The van der Waals surface area contributed by atoms with Gasteiger partial charge in [-0.05, 0) is 43.2 Å². The standard InChI is InChI=1S/C14H15ClO/c15-12-3-1-2-11(8-12)14(16)13-7-9-4-5-10(13)6-9/h1-3,8-10,13H,4-7H2. The summed E-state index contributed by atoms with van der Waals surface area (Å²) in [6.07, 6.45) is 4.97. The molecule has 0 saturated heterocycles. The Bertz CT molecular complexity index is 426. The molecule has 3 rings (SSSR count).